The molecule has 0 aliphatic heterocycles. The van der Waals surface area contributed by atoms with Gasteiger partial charge < -0.3 is 9.67 Å². The third-order valence-corrected chi connectivity index (χ3v) is 3.52. The van der Waals surface area contributed by atoms with E-state index in [1.165, 1.54) is 6.07 Å². The van der Waals surface area contributed by atoms with E-state index in [2.05, 4.69) is 4.98 Å². The number of pyridine rings is 2. The Morgan fingerprint density at radius 2 is 1.83 bits per heavy atom. The normalized spacial score (nSPS) is 10.4. The smallest absolute Gasteiger partial charge is 0.336 e. The zero-order valence-corrected chi connectivity index (χ0v) is 12.2. The fourth-order valence-electron chi connectivity index (χ4n) is 2.36. The summed E-state index contributed by atoms with van der Waals surface area (Å²) in [4.78, 5) is 27.3. The van der Waals surface area contributed by atoms with Crippen LogP contribution < -0.4 is 5.56 Å². The van der Waals surface area contributed by atoms with Gasteiger partial charge >= 0.3 is 5.97 Å². The van der Waals surface area contributed by atoms with Gasteiger partial charge in [0.2, 0.25) is 0 Å². The molecular formula is C18H14N2O3. The van der Waals surface area contributed by atoms with Crippen LogP contribution in [0.4, 0.5) is 0 Å². The molecule has 5 heteroatoms. The van der Waals surface area contributed by atoms with E-state index in [1.807, 2.05) is 6.07 Å². The Bertz CT molecular complexity index is 898. The molecule has 0 bridgehead atoms. The molecule has 2 heterocycles. The molecule has 2 aromatic heterocycles. The van der Waals surface area contributed by atoms with Crippen LogP contribution in [-0.2, 0) is 6.54 Å². The molecule has 23 heavy (non-hydrogen) atoms. The number of rotatable bonds is 4. The first-order chi connectivity index (χ1) is 11.1. The Morgan fingerprint density at radius 1 is 1.04 bits per heavy atom. The molecule has 5 nitrogen and oxygen atoms in total. The van der Waals surface area contributed by atoms with Gasteiger partial charge in [0.1, 0.15) is 0 Å². The highest BCUT2D eigenvalue weighted by Gasteiger charge is 2.11. The average molecular weight is 306 g/mol. The number of carbonyl (C=O) groups is 1. The fraction of sp³-hybridized carbons (Fsp3) is 0.0556. The Labute approximate surface area is 132 Å². The molecule has 3 aromatic rings. The van der Waals surface area contributed by atoms with Gasteiger partial charge in [0.25, 0.3) is 5.56 Å². The van der Waals surface area contributed by atoms with E-state index in [0.29, 0.717) is 12.1 Å². The minimum Gasteiger partial charge on any atom is -0.478 e. The lowest BCUT2D eigenvalue weighted by Crippen LogP contribution is -2.18. The molecule has 0 unspecified atom stereocenters. The summed E-state index contributed by atoms with van der Waals surface area (Å²) in [6.45, 7) is 0.376. The van der Waals surface area contributed by atoms with Crippen molar-refractivity contribution in [2.24, 2.45) is 0 Å². The molecule has 0 saturated carbocycles. The largest absolute Gasteiger partial charge is 0.478 e. The van der Waals surface area contributed by atoms with E-state index >= 15 is 0 Å². The predicted octanol–water partition coefficient (Wildman–Crippen LogP) is 2.66. The Hall–Kier alpha value is -3.21. The molecule has 114 valence electrons. The average Bonchev–Trinajstić information content (AvgIpc) is 2.58. The second kappa shape index (κ2) is 6.27. The first kappa shape index (κ1) is 14.7. The maximum atomic E-state index is 11.7. The number of aromatic nitrogens is 2. The monoisotopic (exact) mass is 306 g/mol. The summed E-state index contributed by atoms with van der Waals surface area (Å²) in [5.74, 6) is -0.972. The van der Waals surface area contributed by atoms with Crippen molar-refractivity contribution < 1.29 is 9.90 Å². The van der Waals surface area contributed by atoms with E-state index in [1.54, 1.807) is 59.4 Å². The minimum atomic E-state index is -0.972. The van der Waals surface area contributed by atoms with Crippen LogP contribution in [0.1, 0.15) is 16.1 Å². The summed E-state index contributed by atoms with van der Waals surface area (Å²) in [6.07, 6.45) is 3.34. The number of hydrogen-bond acceptors (Lipinski definition) is 3. The van der Waals surface area contributed by atoms with Crippen LogP contribution >= 0.6 is 0 Å². The van der Waals surface area contributed by atoms with E-state index in [0.717, 1.165) is 11.3 Å². The van der Waals surface area contributed by atoms with Crippen molar-refractivity contribution in [3.05, 3.63) is 88.6 Å². The zero-order valence-electron chi connectivity index (χ0n) is 12.2. The third kappa shape index (κ3) is 3.18. The summed E-state index contributed by atoms with van der Waals surface area (Å²) in [7, 11) is 0. The van der Waals surface area contributed by atoms with Gasteiger partial charge in [0.05, 0.1) is 17.8 Å². The van der Waals surface area contributed by atoms with Crippen LogP contribution in [0.5, 0.6) is 0 Å². The van der Waals surface area contributed by atoms with Crippen LogP contribution in [-0.4, -0.2) is 20.6 Å². The van der Waals surface area contributed by atoms with Gasteiger partial charge in [-0.2, -0.15) is 0 Å². The maximum Gasteiger partial charge on any atom is 0.336 e. The summed E-state index contributed by atoms with van der Waals surface area (Å²) in [6, 6.07) is 15.4. The number of hydrogen-bond donors (Lipinski definition) is 1. The SMILES string of the molecule is O=C(O)c1ccccc1-c1ccc(Cn2ccccc2=O)nc1. The predicted molar refractivity (Wildman–Crippen MR) is 86.4 cm³/mol. The highest BCUT2D eigenvalue weighted by molar-refractivity contribution is 5.95. The molecule has 0 amide bonds. The topological polar surface area (TPSA) is 72.2 Å². The number of aromatic carboxylic acids is 1. The zero-order chi connectivity index (χ0) is 16.2. The lowest BCUT2D eigenvalue weighted by Gasteiger charge is -2.08. The van der Waals surface area contributed by atoms with Crippen LogP contribution in [0.25, 0.3) is 11.1 Å². The van der Waals surface area contributed by atoms with Gasteiger partial charge in [0.15, 0.2) is 0 Å². The number of nitrogens with zero attached hydrogens (tertiary/aromatic N) is 2. The van der Waals surface area contributed by atoms with Gasteiger partial charge in [-0.25, -0.2) is 4.79 Å². The van der Waals surface area contributed by atoms with Crippen LogP contribution in [0, 0.1) is 0 Å². The molecule has 0 radical (unpaired) electrons. The van der Waals surface area contributed by atoms with E-state index in [4.69, 9.17) is 0 Å². The molecular weight excluding hydrogens is 292 g/mol. The first-order valence-electron chi connectivity index (χ1n) is 7.08. The molecule has 0 fully saturated rings. The maximum absolute atomic E-state index is 11.7. The minimum absolute atomic E-state index is 0.0883. The lowest BCUT2D eigenvalue weighted by molar-refractivity contribution is 0.0697. The van der Waals surface area contributed by atoms with Crippen molar-refractivity contribution >= 4 is 5.97 Å². The van der Waals surface area contributed by atoms with Gasteiger partial charge in [-0.15, -0.1) is 0 Å². The van der Waals surface area contributed by atoms with E-state index < -0.39 is 5.97 Å². The van der Waals surface area contributed by atoms with Crippen LogP contribution in [0.15, 0.2) is 71.8 Å². The van der Waals surface area contributed by atoms with Crippen molar-refractivity contribution in [2.45, 2.75) is 6.54 Å². The highest BCUT2D eigenvalue weighted by atomic mass is 16.4. The lowest BCUT2D eigenvalue weighted by atomic mass is 10.0. The van der Waals surface area contributed by atoms with Crippen molar-refractivity contribution in [3.63, 3.8) is 0 Å². The number of carboxylic acid groups (broad SMARTS) is 1. The van der Waals surface area contributed by atoms with Gasteiger partial charge in [-0.05, 0) is 23.8 Å². The number of carboxylic acids is 1. The van der Waals surface area contributed by atoms with Gasteiger partial charge in [-0.1, -0.05) is 30.3 Å². The Morgan fingerprint density at radius 3 is 2.52 bits per heavy atom. The second-order valence-corrected chi connectivity index (χ2v) is 5.06. The standard InChI is InChI=1S/C18H14N2O3/c21-17-7-3-4-10-20(17)12-14-9-8-13(11-19-14)15-5-1-2-6-16(15)18(22)23/h1-11H,12H2,(H,22,23). The Kier molecular flexibility index (Phi) is 4.01. The van der Waals surface area contributed by atoms with Gasteiger partial charge in [-0.3, -0.25) is 9.78 Å². The summed E-state index contributed by atoms with van der Waals surface area (Å²) < 4.78 is 1.56. The fourth-order valence-corrected chi connectivity index (χ4v) is 2.36. The van der Waals surface area contributed by atoms with E-state index in [-0.39, 0.29) is 11.1 Å². The summed E-state index contributed by atoms with van der Waals surface area (Å²) in [5.41, 5.74) is 2.23. The Balaban J connectivity index is 1.90. The molecule has 0 saturated heterocycles. The van der Waals surface area contributed by atoms with Crippen LogP contribution in [0.2, 0.25) is 0 Å². The van der Waals surface area contributed by atoms with Crippen molar-refractivity contribution in [1.29, 1.82) is 0 Å². The third-order valence-electron chi connectivity index (χ3n) is 3.52. The second-order valence-electron chi connectivity index (χ2n) is 5.06. The highest BCUT2D eigenvalue weighted by Crippen LogP contribution is 2.23. The molecule has 3 rings (SSSR count). The molecule has 1 N–H and O–H groups in total. The molecule has 0 atom stereocenters. The molecule has 0 spiro atoms. The molecule has 0 aliphatic carbocycles. The summed E-state index contributed by atoms with van der Waals surface area (Å²) >= 11 is 0. The van der Waals surface area contributed by atoms with Crippen LogP contribution in [0.3, 0.4) is 0 Å². The molecule has 0 aliphatic rings. The first-order valence-corrected chi connectivity index (χ1v) is 7.08. The number of benzene rings is 1. The van der Waals surface area contributed by atoms with Crippen molar-refractivity contribution in [2.75, 3.05) is 0 Å². The van der Waals surface area contributed by atoms with Gasteiger partial charge in [0, 0.05) is 24.0 Å². The van der Waals surface area contributed by atoms with Crippen molar-refractivity contribution in [3.8, 4) is 11.1 Å². The quantitative estimate of drug-likeness (QED) is 0.804. The van der Waals surface area contributed by atoms with Crippen molar-refractivity contribution in [1.82, 2.24) is 9.55 Å². The summed E-state index contributed by atoms with van der Waals surface area (Å²) in [5, 5.41) is 9.25. The van der Waals surface area contributed by atoms with E-state index in [9.17, 15) is 14.7 Å². The molecule has 1 aromatic carbocycles.